The number of para-hydroxylation sites is 1. The summed E-state index contributed by atoms with van der Waals surface area (Å²) >= 11 is 0. The second-order valence-corrected chi connectivity index (χ2v) is 16.7. The first-order valence-corrected chi connectivity index (χ1v) is 21.3. The van der Waals surface area contributed by atoms with Gasteiger partial charge in [-0.3, -0.25) is 9.42 Å². The molecular formula is C44H40F7N4O8P. The minimum absolute atomic E-state index is 0.0113. The van der Waals surface area contributed by atoms with Gasteiger partial charge in [-0.05, 0) is 91.4 Å². The van der Waals surface area contributed by atoms with Crippen LogP contribution in [0.4, 0.5) is 35.5 Å². The molecule has 0 saturated heterocycles. The summed E-state index contributed by atoms with van der Waals surface area (Å²) in [5.41, 5.74) is 0.309. The van der Waals surface area contributed by atoms with Gasteiger partial charge in [0.05, 0.1) is 51.4 Å². The van der Waals surface area contributed by atoms with Gasteiger partial charge in [-0.1, -0.05) is 50.2 Å². The third-order valence-electron chi connectivity index (χ3n) is 11.2. The number of carbonyl (C=O) groups is 2. The molecule has 0 unspecified atom stereocenters. The summed E-state index contributed by atoms with van der Waals surface area (Å²) in [6.45, 7) is 5.72. The number of nitrogens with zero attached hydrogens (tertiary/aromatic N) is 4. The standard InChI is InChI=1S/C44H40F7N4O8P/c1-5-26-8-7-9-27(6-2)36(26)55-37(33-22-53(42(3,4)39(33)52-55)21-29-14-15-30(43(46,47)48)20-34(29)44(49,50)51)31-16-17-35(45)38-32(31)18-19-54(38)41(57)62-24-61-40(56)28-12-10-25(11-13-28)23-63-64(58,59)60/h7-20H,5-6,21-24H2,1-4H3,(H2,58,59,60). The minimum atomic E-state index is -5.09. The second-order valence-electron chi connectivity index (χ2n) is 15.5. The number of carbonyl (C=O) groups excluding carboxylic acids is 2. The predicted octanol–water partition coefficient (Wildman–Crippen LogP) is 10.5. The smallest absolute Gasteiger partial charge is 0.424 e. The van der Waals surface area contributed by atoms with Gasteiger partial charge in [0.25, 0.3) is 0 Å². The fourth-order valence-corrected chi connectivity index (χ4v) is 8.25. The Labute approximate surface area is 361 Å². The van der Waals surface area contributed by atoms with Crippen LogP contribution < -0.4 is 0 Å². The number of esters is 1. The van der Waals surface area contributed by atoms with E-state index in [1.54, 1.807) is 23.4 Å². The fraction of sp³-hybridized carbons (Fsp3) is 0.295. The van der Waals surface area contributed by atoms with E-state index in [0.717, 1.165) is 33.5 Å². The number of phosphoric ester groups is 1. The molecule has 0 aliphatic carbocycles. The summed E-state index contributed by atoms with van der Waals surface area (Å²) in [6.07, 6.45) is -8.77. The van der Waals surface area contributed by atoms with Crippen LogP contribution >= 0.6 is 7.82 Å². The third-order valence-corrected chi connectivity index (χ3v) is 11.7. The molecule has 0 radical (unpaired) electrons. The van der Waals surface area contributed by atoms with Crippen molar-refractivity contribution in [1.29, 1.82) is 0 Å². The number of alkyl halides is 6. The molecule has 6 aromatic rings. The predicted molar refractivity (Wildman–Crippen MR) is 217 cm³/mol. The number of fused-ring (bicyclic) bond motifs is 2. The van der Waals surface area contributed by atoms with Crippen molar-refractivity contribution in [3.63, 3.8) is 0 Å². The average molecular weight is 917 g/mol. The van der Waals surface area contributed by atoms with Crippen molar-refractivity contribution in [3.05, 3.63) is 141 Å². The lowest BCUT2D eigenvalue weighted by Crippen LogP contribution is -2.36. The van der Waals surface area contributed by atoms with Crippen LogP contribution in [0.5, 0.6) is 0 Å². The number of aromatic nitrogens is 3. The normalized spacial score (nSPS) is 14.3. The van der Waals surface area contributed by atoms with Crippen LogP contribution in [0, 0.1) is 5.82 Å². The van der Waals surface area contributed by atoms with Gasteiger partial charge in [0.15, 0.2) is 0 Å². The maximum Gasteiger partial charge on any atom is 0.469 e. The van der Waals surface area contributed by atoms with E-state index in [-0.39, 0.29) is 34.6 Å². The average Bonchev–Trinajstić information content (AvgIpc) is 3.91. The molecule has 0 saturated carbocycles. The van der Waals surface area contributed by atoms with Crippen LogP contribution in [-0.2, 0) is 69.0 Å². The Hall–Kier alpha value is -5.85. The van der Waals surface area contributed by atoms with E-state index in [9.17, 15) is 40.5 Å². The van der Waals surface area contributed by atoms with Gasteiger partial charge in [0, 0.05) is 35.8 Å². The minimum Gasteiger partial charge on any atom is -0.424 e. The van der Waals surface area contributed by atoms with Crippen molar-refractivity contribution in [2.75, 3.05) is 6.79 Å². The topological polar surface area (TPSA) is 145 Å². The SMILES string of the molecule is CCc1cccc(CC)c1-n1nc2c(c1-c1ccc(F)c3c1ccn3C(=O)OCOC(=O)c1ccc(COP(=O)(O)O)cc1)CN(Cc1ccc(C(F)(F)F)cc1C(F)(F)F)C2(C)C. The monoisotopic (exact) mass is 916 g/mol. The van der Waals surface area contributed by atoms with Crippen molar-refractivity contribution < 1.29 is 68.7 Å². The Balaban J connectivity index is 1.24. The molecule has 0 fully saturated rings. The molecular weight excluding hydrogens is 876 g/mol. The zero-order valence-corrected chi connectivity index (χ0v) is 35.4. The van der Waals surface area contributed by atoms with Gasteiger partial charge in [0.2, 0.25) is 6.79 Å². The van der Waals surface area contributed by atoms with E-state index in [2.05, 4.69) is 4.52 Å². The Morgan fingerprint density at radius 1 is 0.859 bits per heavy atom. The number of ether oxygens (including phenoxy) is 2. The van der Waals surface area contributed by atoms with Crippen molar-refractivity contribution in [3.8, 4) is 16.9 Å². The Morgan fingerprint density at radius 2 is 1.53 bits per heavy atom. The quantitative estimate of drug-likeness (QED) is 0.0527. The number of halogens is 7. The number of rotatable bonds is 12. The van der Waals surface area contributed by atoms with Gasteiger partial charge < -0.3 is 19.3 Å². The van der Waals surface area contributed by atoms with Crippen LogP contribution in [0.25, 0.3) is 27.8 Å². The first-order valence-electron chi connectivity index (χ1n) is 19.7. The van der Waals surface area contributed by atoms with Gasteiger partial charge >= 0.3 is 32.2 Å². The van der Waals surface area contributed by atoms with E-state index in [4.69, 9.17) is 24.4 Å². The maximum atomic E-state index is 15.9. The number of hydrogen-bond acceptors (Lipinski definition) is 8. The Bertz CT molecular complexity index is 2790. The second kappa shape index (κ2) is 17.3. The molecule has 2 N–H and O–H groups in total. The lowest BCUT2D eigenvalue weighted by atomic mass is 9.96. The van der Waals surface area contributed by atoms with Crippen LogP contribution in [-0.4, -0.2) is 47.9 Å². The Kier molecular flexibility index (Phi) is 12.5. The molecule has 0 bridgehead atoms. The summed E-state index contributed by atoms with van der Waals surface area (Å²) in [5, 5.41) is 5.35. The first kappa shape index (κ1) is 46.2. The fourth-order valence-electron chi connectivity index (χ4n) is 7.93. The largest absolute Gasteiger partial charge is 0.469 e. The van der Waals surface area contributed by atoms with Crippen molar-refractivity contribution in [2.24, 2.45) is 0 Å². The maximum absolute atomic E-state index is 15.9. The zero-order chi connectivity index (χ0) is 46.5. The van der Waals surface area contributed by atoms with E-state index < -0.39 is 74.7 Å². The molecule has 1 aliphatic rings. The third kappa shape index (κ3) is 9.08. The molecule has 2 aromatic heterocycles. The molecule has 0 atom stereocenters. The molecule has 338 valence electrons. The molecule has 0 spiro atoms. The number of aryl methyl sites for hydroxylation is 2. The highest BCUT2D eigenvalue weighted by Crippen LogP contribution is 2.48. The van der Waals surface area contributed by atoms with Crippen LogP contribution in [0.1, 0.15) is 82.7 Å². The Morgan fingerprint density at radius 3 is 2.14 bits per heavy atom. The highest BCUT2D eigenvalue weighted by molar-refractivity contribution is 7.46. The van der Waals surface area contributed by atoms with E-state index in [1.807, 2.05) is 32.0 Å². The molecule has 7 rings (SSSR count). The number of phosphoric acid groups is 1. The highest BCUT2D eigenvalue weighted by Gasteiger charge is 2.45. The van der Waals surface area contributed by atoms with E-state index in [1.165, 1.54) is 42.6 Å². The van der Waals surface area contributed by atoms with E-state index in [0.29, 0.717) is 47.0 Å². The van der Waals surface area contributed by atoms with Crippen LogP contribution in [0.3, 0.4) is 0 Å². The molecule has 64 heavy (non-hydrogen) atoms. The summed E-state index contributed by atoms with van der Waals surface area (Å²) in [5.74, 6) is -1.73. The highest BCUT2D eigenvalue weighted by atomic mass is 31.2. The van der Waals surface area contributed by atoms with Crippen LogP contribution in [0.15, 0.2) is 85.1 Å². The van der Waals surface area contributed by atoms with Gasteiger partial charge in [-0.15, -0.1) is 0 Å². The van der Waals surface area contributed by atoms with E-state index >= 15 is 4.39 Å². The summed E-state index contributed by atoms with van der Waals surface area (Å²) in [4.78, 5) is 45.6. The summed E-state index contributed by atoms with van der Waals surface area (Å²) in [6, 6.07) is 16.8. The summed E-state index contributed by atoms with van der Waals surface area (Å²) in [7, 11) is -4.72. The molecule has 1 aliphatic heterocycles. The van der Waals surface area contributed by atoms with Gasteiger partial charge in [0.1, 0.15) is 5.82 Å². The molecule has 20 heteroatoms. The first-order chi connectivity index (χ1) is 30.0. The van der Waals surface area contributed by atoms with Crippen molar-refractivity contribution in [1.82, 2.24) is 19.2 Å². The van der Waals surface area contributed by atoms with Gasteiger partial charge in [-0.2, -0.15) is 31.4 Å². The number of benzene rings is 4. The van der Waals surface area contributed by atoms with Crippen molar-refractivity contribution >= 4 is 30.8 Å². The lowest BCUT2D eigenvalue weighted by Gasteiger charge is -2.33. The van der Waals surface area contributed by atoms with Gasteiger partial charge in [-0.25, -0.2) is 27.8 Å². The summed E-state index contributed by atoms with van der Waals surface area (Å²) < 4.78 is 128. The molecule has 0 amide bonds. The number of hydrogen-bond donors (Lipinski definition) is 2. The molecule has 3 heterocycles. The van der Waals surface area contributed by atoms with Crippen LogP contribution in [0.2, 0.25) is 0 Å². The lowest BCUT2D eigenvalue weighted by molar-refractivity contribution is -0.143. The van der Waals surface area contributed by atoms with Crippen molar-refractivity contribution in [2.45, 2.75) is 78.1 Å². The molecule has 4 aromatic carbocycles. The molecule has 12 nitrogen and oxygen atoms in total. The zero-order valence-electron chi connectivity index (χ0n) is 34.6.